The molecular formula is C26H26O4. The highest BCUT2D eigenvalue weighted by Crippen LogP contribution is 2.30. The van der Waals surface area contributed by atoms with E-state index in [-0.39, 0.29) is 23.1 Å². The van der Waals surface area contributed by atoms with Crippen molar-refractivity contribution in [2.75, 3.05) is 0 Å². The molecule has 4 nitrogen and oxygen atoms in total. The minimum Gasteiger partial charge on any atom is -0.299 e. The van der Waals surface area contributed by atoms with E-state index in [2.05, 4.69) is 12.1 Å². The molecule has 0 spiro atoms. The maximum atomic E-state index is 12.0. The number of fused-ring (bicyclic) bond motifs is 2. The highest BCUT2D eigenvalue weighted by molar-refractivity contribution is 6.04. The molecule has 0 fully saturated rings. The van der Waals surface area contributed by atoms with E-state index in [0.717, 1.165) is 32.7 Å². The van der Waals surface area contributed by atoms with E-state index in [0.29, 0.717) is 12.8 Å². The van der Waals surface area contributed by atoms with E-state index in [9.17, 15) is 19.2 Å². The van der Waals surface area contributed by atoms with E-state index in [1.165, 1.54) is 27.7 Å². The lowest BCUT2D eigenvalue weighted by Gasteiger charge is -2.16. The lowest BCUT2D eigenvalue weighted by atomic mass is 9.87. The van der Waals surface area contributed by atoms with E-state index >= 15 is 0 Å². The van der Waals surface area contributed by atoms with Crippen LogP contribution >= 0.6 is 0 Å². The van der Waals surface area contributed by atoms with Gasteiger partial charge in [-0.1, -0.05) is 36.4 Å². The quantitative estimate of drug-likeness (QED) is 0.406. The summed E-state index contributed by atoms with van der Waals surface area (Å²) in [5, 5.41) is 4.01. The van der Waals surface area contributed by atoms with Gasteiger partial charge in [0.15, 0.2) is 0 Å². The van der Waals surface area contributed by atoms with Crippen LogP contribution in [0.1, 0.15) is 38.8 Å². The summed E-state index contributed by atoms with van der Waals surface area (Å²) in [5.74, 6) is -1.83. The summed E-state index contributed by atoms with van der Waals surface area (Å²) < 4.78 is 0. The van der Waals surface area contributed by atoms with Gasteiger partial charge in [-0.25, -0.2) is 0 Å². The van der Waals surface area contributed by atoms with Crippen LogP contribution in [0.25, 0.3) is 21.5 Å². The van der Waals surface area contributed by atoms with Crippen molar-refractivity contribution < 1.29 is 19.2 Å². The Bertz CT molecular complexity index is 1060. The summed E-state index contributed by atoms with van der Waals surface area (Å²) in [6.45, 7) is 5.81. The molecule has 0 unspecified atom stereocenters. The molecule has 3 rings (SSSR count). The third-order valence-corrected chi connectivity index (χ3v) is 5.87. The van der Waals surface area contributed by atoms with E-state index in [1.807, 2.05) is 36.4 Å². The SMILES string of the molecule is CC(=O)C(Cc1cccc2cc3cccc(CC(C(C)=O)C(C)=O)c3cc12)C(C)=O. The van der Waals surface area contributed by atoms with Gasteiger partial charge in [0.05, 0.1) is 11.8 Å². The Morgan fingerprint density at radius 1 is 0.600 bits per heavy atom. The predicted octanol–water partition coefficient (Wildman–Crippen LogP) is 4.67. The molecule has 0 radical (unpaired) electrons. The summed E-state index contributed by atoms with van der Waals surface area (Å²) in [6, 6.07) is 15.9. The second-order valence-electron chi connectivity index (χ2n) is 8.08. The molecule has 0 saturated heterocycles. The van der Waals surface area contributed by atoms with Gasteiger partial charge in [0.2, 0.25) is 0 Å². The van der Waals surface area contributed by atoms with Crippen LogP contribution in [0.2, 0.25) is 0 Å². The van der Waals surface area contributed by atoms with Gasteiger partial charge in [0.1, 0.15) is 23.1 Å². The summed E-state index contributed by atoms with van der Waals surface area (Å²) in [4.78, 5) is 47.8. The number of carbonyl (C=O) groups excluding carboxylic acids is 4. The van der Waals surface area contributed by atoms with Gasteiger partial charge in [0, 0.05) is 0 Å². The van der Waals surface area contributed by atoms with Gasteiger partial charge in [-0.05, 0) is 85.3 Å². The molecule has 0 aliphatic rings. The fourth-order valence-electron chi connectivity index (χ4n) is 4.12. The standard InChI is InChI=1S/C26H26O4/c1-15(27)23(16(2)28)12-21-9-5-7-19-11-20-8-6-10-22(26(20)14-25(19)21)13-24(17(3)29)18(4)30/h5-11,14,23-24H,12-13H2,1-4H3. The first-order chi connectivity index (χ1) is 14.2. The summed E-state index contributed by atoms with van der Waals surface area (Å²) in [6.07, 6.45) is 0.721. The molecule has 0 bridgehead atoms. The second kappa shape index (κ2) is 8.70. The molecule has 0 saturated carbocycles. The molecule has 0 heterocycles. The molecule has 0 aliphatic heterocycles. The van der Waals surface area contributed by atoms with Crippen LogP contribution in [-0.2, 0) is 32.0 Å². The van der Waals surface area contributed by atoms with Gasteiger partial charge >= 0.3 is 0 Å². The van der Waals surface area contributed by atoms with Gasteiger partial charge < -0.3 is 0 Å². The van der Waals surface area contributed by atoms with E-state index in [1.54, 1.807) is 0 Å². The maximum absolute atomic E-state index is 12.0. The summed E-state index contributed by atoms with van der Waals surface area (Å²) >= 11 is 0. The molecule has 3 aromatic rings. The van der Waals surface area contributed by atoms with E-state index < -0.39 is 11.8 Å². The first-order valence-corrected chi connectivity index (χ1v) is 10.1. The Kier molecular flexibility index (Phi) is 6.25. The predicted molar refractivity (Wildman–Crippen MR) is 119 cm³/mol. The molecule has 0 amide bonds. The Labute approximate surface area is 176 Å². The van der Waals surface area contributed by atoms with Crippen LogP contribution in [0.15, 0.2) is 48.5 Å². The molecular weight excluding hydrogens is 376 g/mol. The molecule has 154 valence electrons. The summed E-state index contributed by atoms with van der Waals surface area (Å²) in [7, 11) is 0. The molecule has 0 N–H and O–H groups in total. The van der Waals surface area contributed by atoms with Gasteiger partial charge in [-0.3, -0.25) is 19.2 Å². The Morgan fingerprint density at radius 2 is 0.967 bits per heavy atom. The molecule has 0 atom stereocenters. The van der Waals surface area contributed by atoms with Crippen molar-refractivity contribution in [3.05, 3.63) is 59.7 Å². The monoisotopic (exact) mass is 402 g/mol. The first-order valence-electron chi connectivity index (χ1n) is 10.1. The number of Topliss-reactive ketones (excluding diaryl/α,β-unsaturated/α-hetero) is 4. The zero-order valence-electron chi connectivity index (χ0n) is 17.8. The fourth-order valence-corrected chi connectivity index (χ4v) is 4.12. The molecule has 0 aromatic heterocycles. The molecule has 30 heavy (non-hydrogen) atoms. The largest absolute Gasteiger partial charge is 0.299 e. The smallest absolute Gasteiger partial charge is 0.140 e. The van der Waals surface area contributed by atoms with Gasteiger partial charge in [0.25, 0.3) is 0 Å². The highest BCUT2D eigenvalue weighted by atomic mass is 16.2. The lowest BCUT2D eigenvalue weighted by molar-refractivity contribution is -0.131. The lowest BCUT2D eigenvalue weighted by Crippen LogP contribution is -2.22. The zero-order chi connectivity index (χ0) is 22.0. The topological polar surface area (TPSA) is 68.3 Å². The van der Waals surface area contributed by atoms with Crippen molar-refractivity contribution in [3.63, 3.8) is 0 Å². The highest BCUT2D eigenvalue weighted by Gasteiger charge is 2.22. The van der Waals surface area contributed by atoms with Crippen LogP contribution in [-0.4, -0.2) is 23.1 Å². The number of carbonyl (C=O) groups is 4. The third-order valence-electron chi connectivity index (χ3n) is 5.87. The number of rotatable bonds is 8. The Morgan fingerprint density at radius 3 is 1.30 bits per heavy atom. The van der Waals surface area contributed by atoms with Crippen molar-refractivity contribution in [2.45, 2.75) is 40.5 Å². The van der Waals surface area contributed by atoms with E-state index in [4.69, 9.17) is 0 Å². The molecule has 0 aliphatic carbocycles. The van der Waals surface area contributed by atoms with Crippen LogP contribution in [0.5, 0.6) is 0 Å². The molecule has 3 aromatic carbocycles. The minimum absolute atomic E-state index is 0.133. The van der Waals surface area contributed by atoms with Gasteiger partial charge in [-0.15, -0.1) is 0 Å². The number of hydrogen-bond donors (Lipinski definition) is 0. The third kappa shape index (κ3) is 4.38. The number of ketones is 4. The number of benzene rings is 3. The summed E-state index contributed by atoms with van der Waals surface area (Å²) in [5.41, 5.74) is 1.88. The Balaban J connectivity index is 2.16. The van der Waals surface area contributed by atoms with Crippen LogP contribution < -0.4 is 0 Å². The number of hydrogen-bond acceptors (Lipinski definition) is 4. The average Bonchev–Trinajstić information content (AvgIpc) is 2.67. The fraction of sp³-hybridized carbons (Fsp3) is 0.308. The van der Waals surface area contributed by atoms with Crippen LogP contribution in [0.3, 0.4) is 0 Å². The van der Waals surface area contributed by atoms with Crippen molar-refractivity contribution in [3.8, 4) is 0 Å². The maximum Gasteiger partial charge on any atom is 0.140 e. The second-order valence-corrected chi connectivity index (χ2v) is 8.08. The first kappa shape index (κ1) is 21.6. The molecule has 4 heteroatoms. The minimum atomic E-state index is -0.652. The van der Waals surface area contributed by atoms with Crippen molar-refractivity contribution in [1.82, 2.24) is 0 Å². The van der Waals surface area contributed by atoms with Crippen molar-refractivity contribution >= 4 is 44.7 Å². The van der Waals surface area contributed by atoms with Crippen LogP contribution in [0.4, 0.5) is 0 Å². The average molecular weight is 402 g/mol. The normalized spacial score (nSPS) is 11.4. The van der Waals surface area contributed by atoms with Gasteiger partial charge in [-0.2, -0.15) is 0 Å². The van der Waals surface area contributed by atoms with Crippen molar-refractivity contribution in [2.24, 2.45) is 11.8 Å². The van der Waals surface area contributed by atoms with Crippen molar-refractivity contribution in [1.29, 1.82) is 0 Å². The Hall–Kier alpha value is -3.14. The van der Waals surface area contributed by atoms with Crippen LogP contribution in [0, 0.1) is 11.8 Å². The zero-order valence-corrected chi connectivity index (χ0v) is 17.8.